The molecule has 2 aromatic heterocycles. The summed E-state index contributed by atoms with van der Waals surface area (Å²) in [5, 5.41) is 42.0. The van der Waals surface area contributed by atoms with Gasteiger partial charge in [-0.3, -0.25) is 9.97 Å². The molecule has 240 valence electrons. The normalized spacial score (nSPS) is 11.2. The highest BCUT2D eigenvalue weighted by molar-refractivity contribution is 5.88. The van der Waals surface area contributed by atoms with Crippen molar-refractivity contribution < 1.29 is 41.7 Å². The van der Waals surface area contributed by atoms with Gasteiger partial charge in [0.05, 0.1) is 33.8 Å². The molecular formula is C35H22F6N3O3-3. The number of aromatic nitrogens is 2. The van der Waals surface area contributed by atoms with Crippen LogP contribution in [0.15, 0.2) is 97.1 Å². The maximum atomic E-state index is 12.6. The van der Waals surface area contributed by atoms with E-state index >= 15 is 0 Å². The van der Waals surface area contributed by atoms with Gasteiger partial charge in [0.1, 0.15) is 0 Å². The molecule has 12 heteroatoms. The second kappa shape index (κ2) is 13.7. The van der Waals surface area contributed by atoms with E-state index in [1.165, 1.54) is 36.4 Å². The summed E-state index contributed by atoms with van der Waals surface area (Å²) in [5.41, 5.74) is 1.76. The van der Waals surface area contributed by atoms with Crippen molar-refractivity contribution in [2.45, 2.75) is 26.2 Å². The summed E-state index contributed by atoms with van der Waals surface area (Å²) in [5.74, 6) is -0.981. The van der Waals surface area contributed by atoms with Crippen molar-refractivity contribution in [3.63, 3.8) is 0 Å². The number of pyridine rings is 2. The predicted octanol–water partition coefficient (Wildman–Crippen LogP) is 7.57. The number of nitriles is 1. The zero-order valence-corrected chi connectivity index (χ0v) is 24.6. The molecule has 0 atom stereocenters. The molecule has 0 aliphatic heterocycles. The Morgan fingerprint density at radius 1 is 0.532 bits per heavy atom. The number of fused-ring (bicyclic) bond motifs is 2. The average Bonchev–Trinajstić information content (AvgIpc) is 3.02. The van der Waals surface area contributed by atoms with E-state index in [2.05, 4.69) is 16.0 Å². The number of rotatable bonds is 1. The molecule has 0 fully saturated rings. The van der Waals surface area contributed by atoms with Crippen molar-refractivity contribution >= 4 is 21.8 Å². The molecule has 6 rings (SSSR count). The predicted molar refractivity (Wildman–Crippen MR) is 158 cm³/mol. The van der Waals surface area contributed by atoms with Crippen LogP contribution in [0.3, 0.4) is 0 Å². The first kappa shape index (κ1) is 34.1. The van der Waals surface area contributed by atoms with Gasteiger partial charge in [0, 0.05) is 22.2 Å². The fourth-order valence-corrected chi connectivity index (χ4v) is 4.46. The van der Waals surface area contributed by atoms with Crippen LogP contribution in [0, 0.1) is 25.2 Å². The number of alkyl halides is 6. The molecule has 4 aromatic carbocycles. The molecule has 0 aliphatic rings. The average molecular weight is 647 g/mol. The quantitative estimate of drug-likeness (QED) is 0.170. The first-order valence-corrected chi connectivity index (χ1v) is 13.6. The smallest absolute Gasteiger partial charge is 0.417 e. The Kier molecular flexibility index (Phi) is 9.90. The zero-order chi connectivity index (χ0) is 34.5. The van der Waals surface area contributed by atoms with Crippen LogP contribution in [0.2, 0.25) is 0 Å². The summed E-state index contributed by atoms with van der Waals surface area (Å²) >= 11 is 0. The lowest BCUT2D eigenvalue weighted by atomic mass is 10.0. The molecule has 47 heavy (non-hydrogen) atoms. The molecule has 0 radical (unpaired) electrons. The van der Waals surface area contributed by atoms with E-state index in [0.717, 1.165) is 35.4 Å². The highest BCUT2D eigenvalue weighted by Crippen LogP contribution is 2.37. The Balaban J connectivity index is 0.000000160. The number of hydrogen-bond donors (Lipinski definition) is 0. The van der Waals surface area contributed by atoms with Crippen molar-refractivity contribution in [3.05, 3.63) is 125 Å². The molecule has 0 aliphatic carbocycles. The minimum absolute atomic E-state index is 0.00685. The van der Waals surface area contributed by atoms with E-state index < -0.39 is 35.0 Å². The molecule has 0 saturated carbocycles. The summed E-state index contributed by atoms with van der Waals surface area (Å²) in [7, 11) is 0. The maximum Gasteiger partial charge on any atom is 0.417 e. The molecule has 0 amide bonds. The molecule has 0 saturated heterocycles. The van der Waals surface area contributed by atoms with E-state index in [1.54, 1.807) is 38.1 Å². The Bertz CT molecular complexity index is 1970. The third-order valence-corrected chi connectivity index (χ3v) is 6.73. The second-order valence-corrected chi connectivity index (χ2v) is 10.1. The zero-order valence-electron chi connectivity index (χ0n) is 24.6. The topological polar surface area (TPSA) is 119 Å². The lowest BCUT2D eigenvalue weighted by Crippen LogP contribution is -2.07. The lowest BCUT2D eigenvalue weighted by Gasteiger charge is -2.15. The molecule has 0 bridgehead atoms. The van der Waals surface area contributed by atoms with Crippen molar-refractivity contribution in [2.24, 2.45) is 0 Å². The molecule has 6 nitrogen and oxygen atoms in total. The third kappa shape index (κ3) is 8.26. The first-order chi connectivity index (χ1) is 22.1. The number of hydrogen-bond acceptors (Lipinski definition) is 6. The van der Waals surface area contributed by atoms with Crippen LogP contribution in [-0.4, -0.2) is 9.97 Å². The van der Waals surface area contributed by atoms with Crippen LogP contribution in [0.5, 0.6) is 17.2 Å². The summed E-state index contributed by atoms with van der Waals surface area (Å²) < 4.78 is 75.7. The lowest BCUT2D eigenvalue weighted by molar-refractivity contribution is -0.268. The van der Waals surface area contributed by atoms with E-state index in [9.17, 15) is 41.7 Å². The number of halogens is 6. The molecule has 0 spiro atoms. The van der Waals surface area contributed by atoms with Gasteiger partial charge in [-0.1, -0.05) is 72.2 Å². The SMILES string of the molecule is Cc1ccc2c(C(F)(F)F)ccc([O-])c2n1.Cc1ccc2c(C(F)(F)F)ccc([O-])c2n1.N#Cc1ccc(-c2ccc([O-])cc2)cc1. The van der Waals surface area contributed by atoms with Gasteiger partial charge < -0.3 is 15.3 Å². The number of nitrogens with zero attached hydrogens (tertiary/aromatic N) is 3. The van der Waals surface area contributed by atoms with Gasteiger partial charge in [0.15, 0.2) is 0 Å². The Morgan fingerprint density at radius 2 is 0.915 bits per heavy atom. The molecule has 6 aromatic rings. The maximum absolute atomic E-state index is 12.6. The molecule has 0 unspecified atom stereocenters. The van der Waals surface area contributed by atoms with Crippen LogP contribution >= 0.6 is 0 Å². The Morgan fingerprint density at radius 3 is 1.28 bits per heavy atom. The van der Waals surface area contributed by atoms with E-state index in [-0.39, 0.29) is 27.6 Å². The minimum Gasteiger partial charge on any atom is -0.872 e. The van der Waals surface area contributed by atoms with Crippen molar-refractivity contribution in [1.29, 1.82) is 5.26 Å². The molecule has 2 heterocycles. The van der Waals surface area contributed by atoms with Crippen LogP contribution < -0.4 is 15.3 Å². The van der Waals surface area contributed by atoms with Crippen molar-refractivity contribution in [1.82, 2.24) is 9.97 Å². The molecule has 0 N–H and O–H groups in total. The largest absolute Gasteiger partial charge is 0.872 e. The van der Waals surface area contributed by atoms with Gasteiger partial charge in [-0.2, -0.15) is 31.6 Å². The minimum atomic E-state index is -4.47. The van der Waals surface area contributed by atoms with Crippen molar-refractivity contribution in [2.75, 3.05) is 0 Å². The summed E-state index contributed by atoms with van der Waals surface area (Å²) in [4.78, 5) is 7.67. The van der Waals surface area contributed by atoms with Gasteiger partial charge in [0.2, 0.25) is 0 Å². The Labute approximate surface area is 264 Å². The van der Waals surface area contributed by atoms with Crippen molar-refractivity contribution in [3.8, 4) is 34.4 Å². The van der Waals surface area contributed by atoms with E-state index in [0.29, 0.717) is 17.0 Å². The van der Waals surface area contributed by atoms with Crippen LogP contribution in [0.4, 0.5) is 26.3 Å². The summed E-state index contributed by atoms with van der Waals surface area (Å²) in [6.45, 7) is 3.25. The third-order valence-electron chi connectivity index (χ3n) is 6.73. The second-order valence-electron chi connectivity index (χ2n) is 10.1. The molecular weight excluding hydrogens is 624 g/mol. The van der Waals surface area contributed by atoms with Gasteiger partial charge in [-0.25, -0.2) is 0 Å². The van der Waals surface area contributed by atoms with E-state index in [4.69, 9.17) is 5.26 Å². The standard InChI is InChI=1S/C13H9NO.2C11H8F3NO/c14-9-10-1-3-11(4-2-10)12-5-7-13(15)8-6-12;2*1-6-2-3-7-8(11(12,13)14)4-5-9(16)10(7)15-6/h1-8,15H;2*2-5,16H,1H3/p-3. The first-order valence-electron chi connectivity index (χ1n) is 13.6. The van der Waals surface area contributed by atoms with Crippen LogP contribution in [0.25, 0.3) is 32.9 Å². The van der Waals surface area contributed by atoms with Crippen LogP contribution in [-0.2, 0) is 12.4 Å². The number of aryl methyl sites for hydroxylation is 2. The fraction of sp³-hybridized carbons (Fsp3) is 0.114. The highest BCUT2D eigenvalue weighted by atomic mass is 19.4. The fourth-order valence-electron chi connectivity index (χ4n) is 4.46. The summed E-state index contributed by atoms with van der Waals surface area (Å²) in [6, 6.07) is 24.8. The highest BCUT2D eigenvalue weighted by Gasteiger charge is 2.33. The van der Waals surface area contributed by atoms with Gasteiger partial charge in [-0.15, -0.1) is 5.75 Å². The van der Waals surface area contributed by atoms with E-state index in [1.807, 2.05) is 12.1 Å². The number of benzene rings is 4. The Hall–Kier alpha value is -5.83. The van der Waals surface area contributed by atoms with Gasteiger partial charge >= 0.3 is 12.4 Å². The monoisotopic (exact) mass is 646 g/mol. The summed E-state index contributed by atoms with van der Waals surface area (Å²) in [6.07, 6.45) is -8.94. The van der Waals surface area contributed by atoms with Gasteiger partial charge in [-0.05, 0) is 61.4 Å². The van der Waals surface area contributed by atoms with Gasteiger partial charge in [0.25, 0.3) is 0 Å². The van der Waals surface area contributed by atoms with Crippen LogP contribution in [0.1, 0.15) is 28.1 Å².